The quantitative estimate of drug-likeness (QED) is 0.333. The molecule has 0 radical (unpaired) electrons. The second-order valence-corrected chi connectivity index (χ2v) is 8.48. The van der Waals surface area contributed by atoms with E-state index in [1.807, 2.05) is 0 Å². The van der Waals surface area contributed by atoms with Gasteiger partial charge in [0.1, 0.15) is 0 Å². The van der Waals surface area contributed by atoms with Crippen LogP contribution < -0.4 is 10.1 Å². The smallest absolute Gasteiger partial charge is 0.319 e. The van der Waals surface area contributed by atoms with Crippen molar-refractivity contribution in [2.45, 2.75) is 25.7 Å². The Hall–Kier alpha value is -0.540. The number of aromatic nitrogens is 1. The molecule has 0 aliphatic heterocycles. The minimum absolute atomic E-state index is 0.348. The summed E-state index contributed by atoms with van der Waals surface area (Å²) < 4.78 is 34.9. The monoisotopic (exact) mass is 368 g/mol. The highest BCUT2D eigenvalue weighted by Gasteiger charge is 2.03. The highest BCUT2D eigenvalue weighted by molar-refractivity contribution is 8.69. The van der Waals surface area contributed by atoms with Crippen molar-refractivity contribution in [1.29, 1.82) is 0 Å². The zero-order chi connectivity index (χ0) is 16.3. The normalized spacial score (nSPS) is 11.5. The maximum Gasteiger partial charge on any atom is 0.319 e. The van der Waals surface area contributed by atoms with Gasteiger partial charge in [0.05, 0.1) is 11.6 Å². The average Bonchev–Trinajstić information content (AvgIpc) is 2.45. The van der Waals surface area contributed by atoms with Crippen LogP contribution in [0.3, 0.4) is 0 Å². The molecule has 22 heavy (non-hydrogen) atoms. The fourth-order valence-corrected chi connectivity index (χ4v) is 3.11. The van der Waals surface area contributed by atoms with Gasteiger partial charge < -0.3 is 10.1 Å². The Morgan fingerprint density at radius 2 is 2.00 bits per heavy atom. The molecule has 0 saturated heterocycles. The van der Waals surface area contributed by atoms with Crippen molar-refractivity contribution in [3.8, 4) is 5.88 Å². The van der Waals surface area contributed by atoms with Gasteiger partial charge in [-0.1, -0.05) is 24.4 Å². The molecule has 0 spiro atoms. The SMILES string of the molecule is O=S(=O)(O)SCCNCCCCCCOc1ccc(Cl)cn1. The number of unbranched alkanes of at least 4 members (excludes halogenated alkanes) is 3. The third kappa shape index (κ3) is 11.1. The van der Waals surface area contributed by atoms with Gasteiger partial charge in [-0.05, 0) is 36.2 Å². The van der Waals surface area contributed by atoms with Gasteiger partial charge in [-0.2, -0.15) is 8.42 Å². The Bertz CT molecular complexity index is 511. The molecule has 1 heterocycles. The highest BCUT2D eigenvalue weighted by Crippen LogP contribution is 2.12. The minimum Gasteiger partial charge on any atom is -0.478 e. The molecule has 126 valence electrons. The Balaban J connectivity index is 1.86. The lowest BCUT2D eigenvalue weighted by Crippen LogP contribution is -2.19. The molecule has 1 rings (SSSR count). The van der Waals surface area contributed by atoms with Crippen LogP contribution in [-0.2, 0) is 9.15 Å². The number of rotatable bonds is 12. The van der Waals surface area contributed by atoms with Gasteiger partial charge in [-0.25, -0.2) is 4.98 Å². The van der Waals surface area contributed by atoms with Crippen LogP contribution in [0, 0.1) is 0 Å². The number of pyridine rings is 1. The van der Waals surface area contributed by atoms with Crippen molar-refractivity contribution in [1.82, 2.24) is 10.3 Å². The Morgan fingerprint density at radius 3 is 2.68 bits per heavy atom. The standard InChI is InChI=1S/C13H21ClN2O4S2/c14-12-5-6-13(16-11-12)20-9-4-2-1-3-7-15-8-10-21-22(17,18)19/h5-6,11,15H,1-4,7-10H2,(H,17,18,19). The molecule has 6 nitrogen and oxygen atoms in total. The molecular formula is C13H21ClN2O4S2. The molecule has 0 aliphatic rings. The number of nitrogens with zero attached hydrogens (tertiary/aromatic N) is 1. The predicted molar refractivity (Wildman–Crippen MR) is 90.1 cm³/mol. The van der Waals surface area contributed by atoms with Crippen LogP contribution in [0.15, 0.2) is 18.3 Å². The van der Waals surface area contributed by atoms with Crippen LogP contribution in [0.2, 0.25) is 5.02 Å². The minimum atomic E-state index is -3.91. The van der Waals surface area contributed by atoms with E-state index in [1.165, 1.54) is 0 Å². The first-order valence-corrected chi connectivity index (χ1v) is 10.4. The van der Waals surface area contributed by atoms with E-state index in [4.69, 9.17) is 20.9 Å². The molecule has 0 atom stereocenters. The fraction of sp³-hybridized carbons (Fsp3) is 0.615. The zero-order valence-corrected chi connectivity index (χ0v) is 14.6. The largest absolute Gasteiger partial charge is 0.478 e. The second kappa shape index (κ2) is 11.1. The van der Waals surface area contributed by atoms with Gasteiger partial charge in [0.2, 0.25) is 5.88 Å². The van der Waals surface area contributed by atoms with E-state index in [2.05, 4.69) is 10.3 Å². The van der Waals surface area contributed by atoms with Gasteiger partial charge >= 0.3 is 9.15 Å². The van der Waals surface area contributed by atoms with Crippen molar-refractivity contribution in [3.05, 3.63) is 23.4 Å². The van der Waals surface area contributed by atoms with Crippen molar-refractivity contribution in [2.75, 3.05) is 25.4 Å². The molecule has 9 heteroatoms. The summed E-state index contributed by atoms with van der Waals surface area (Å²) in [6.07, 6.45) is 5.69. The first kappa shape index (κ1) is 19.5. The van der Waals surface area contributed by atoms with E-state index < -0.39 is 9.15 Å². The van der Waals surface area contributed by atoms with Gasteiger partial charge in [0.15, 0.2) is 0 Å². The second-order valence-electron chi connectivity index (χ2n) is 4.58. The van der Waals surface area contributed by atoms with Crippen LogP contribution in [0.25, 0.3) is 0 Å². The molecule has 0 amide bonds. The molecule has 0 aliphatic carbocycles. The van der Waals surface area contributed by atoms with E-state index in [0.717, 1.165) is 32.2 Å². The molecule has 1 aromatic heterocycles. The maximum atomic E-state index is 10.5. The first-order valence-electron chi connectivity index (χ1n) is 7.04. The number of nitrogens with one attached hydrogen (secondary N) is 1. The summed E-state index contributed by atoms with van der Waals surface area (Å²) in [6, 6.07) is 3.49. The van der Waals surface area contributed by atoms with Crippen LogP contribution in [0.4, 0.5) is 0 Å². The third-order valence-electron chi connectivity index (χ3n) is 2.71. The lowest BCUT2D eigenvalue weighted by molar-refractivity contribution is 0.293. The molecule has 0 unspecified atom stereocenters. The number of hydrogen-bond acceptors (Lipinski definition) is 6. The van der Waals surface area contributed by atoms with Crippen molar-refractivity contribution >= 4 is 31.5 Å². The highest BCUT2D eigenvalue weighted by atomic mass is 35.5. The predicted octanol–water partition coefficient (Wildman–Crippen LogP) is 2.80. The summed E-state index contributed by atoms with van der Waals surface area (Å²) in [5, 5.41) is 3.72. The molecule has 1 aromatic rings. The molecule has 2 N–H and O–H groups in total. The number of ether oxygens (including phenoxy) is 1. The molecule has 0 aromatic carbocycles. The Kier molecular flexibility index (Phi) is 9.81. The topological polar surface area (TPSA) is 88.5 Å². The first-order chi connectivity index (χ1) is 10.5. The summed E-state index contributed by atoms with van der Waals surface area (Å²) in [4.78, 5) is 4.04. The zero-order valence-electron chi connectivity index (χ0n) is 12.2. The summed E-state index contributed by atoms with van der Waals surface area (Å²) in [6.45, 7) is 2.04. The van der Waals surface area contributed by atoms with E-state index >= 15 is 0 Å². The van der Waals surface area contributed by atoms with Crippen molar-refractivity contribution in [3.63, 3.8) is 0 Å². The van der Waals surface area contributed by atoms with E-state index in [9.17, 15) is 8.42 Å². The molecule has 0 saturated carbocycles. The van der Waals surface area contributed by atoms with Crippen molar-refractivity contribution in [2.24, 2.45) is 0 Å². The van der Waals surface area contributed by atoms with Crippen molar-refractivity contribution < 1.29 is 17.7 Å². The molecular weight excluding hydrogens is 348 g/mol. The van der Waals surface area contributed by atoms with E-state index in [-0.39, 0.29) is 0 Å². The summed E-state index contributed by atoms with van der Waals surface area (Å²) >= 11 is 5.73. The summed E-state index contributed by atoms with van der Waals surface area (Å²) in [5.41, 5.74) is 0. The number of halogens is 1. The van der Waals surface area contributed by atoms with E-state index in [0.29, 0.717) is 40.6 Å². The van der Waals surface area contributed by atoms with Gasteiger partial charge in [-0.3, -0.25) is 4.55 Å². The maximum absolute atomic E-state index is 10.5. The van der Waals surface area contributed by atoms with Crippen LogP contribution >= 0.6 is 22.4 Å². The molecule has 0 fully saturated rings. The van der Waals surface area contributed by atoms with Crippen LogP contribution in [-0.4, -0.2) is 43.4 Å². The van der Waals surface area contributed by atoms with Crippen LogP contribution in [0.1, 0.15) is 25.7 Å². The number of hydrogen-bond donors (Lipinski definition) is 2. The van der Waals surface area contributed by atoms with Crippen LogP contribution in [0.5, 0.6) is 5.88 Å². The summed E-state index contributed by atoms with van der Waals surface area (Å²) in [5.74, 6) is 0.934. The third-order valence-corrected chi connectivity index (χ3v) is 4.99. The molecule has 0 bridgehead atoms. The van der Waals surface area contributed by atoms with Gasteiger partial charge in [-0.15, -0.1) is 0 Å². The fourth-order valence-electron chi connectivity index (χ4n) is 1.67. The summed E-state index contributed by atoms with van der Waals surface area (Å²) in [7, 11) is -3.37. The Morgan fingerprint density at radius 1 is 1.23 bits per heavy atom. The lowest BCUT2D eigenvalue weighted by atomic mass is 10.2. The van der Waals surface area contributed by atoms with E-state index in [1.54, 1.807) is 18.3 Å². The van der Waals surface area contributed by atoms with Gasteiger partial charge in [0, 0.05) is 24.6 Å². The average molecular weight is 369 g/mol. The lowest BCUT2D eigenvalue weighted by Gasteiger charge is -2.06. The Labute approximate surface area is 140 Å². The van der Waals surface area contributed by atoms with Gasteiger partial charge in [0.25, 0.3) is 0 Å².